The highest BCUT2D eigenvalue weighted by atomic mass is 35.5. The van der Waals surface area contributed by atoms with Crippen LogP contribution in [0.4, 0.5) is 0 Å². The van der Waals surface area contributed by atoms with E-state index >= 15 is 0 Å². The third kappa shape index (κ3) is 3.88. The van der Waals surface area contributed by atoms with Gasteiger partial charge in [-0.1, -0.05) is 36.4 Å². The van der Waals surface area contributed by atoms with Crippen LogP contribution in [0.3, 0.4) is 0 Å². The van der Waals surface area contributed by atoms with Crippen molar-refractivity contribution in [3.63, 3.8) is 0 Å². The quantitative estimate of drug-likeness (QED) is 0.770. The van der Waals surface area contributed by atoms with Gasteiger partial charge in [0, 0.05) is 6.54 Å². The molecule has 0 bridgehead atoms. The van der Waals surface area contributed by atoms with Crippen molar-refractivity contribution in [2.24, 2.45) is 5.73 Å². The van der Waals surface area contributed by atoms with Gasteiger partial charge in [0.05, 0.1) is 23.2 Å². The molecule has 4 N–H and O–H groups in total. The fourth-order valence-corrected chi connectivity index (χ4v) is 3.29. The van der Waals surface area contributed by atoms with Gasteiger partial charge in [-0.25, -0.2) is 0 Å². The summed E-state index contributed by atoms with van der Waals surface area (Å²) in [5, 5.41) is 16.0. The largest absolute Gasteiger partial charge is 0.344 e. The second-order valence-corrected chi connectivity index (χ2v) is 6.53. The van der Waals surface area contributed by atoms with Crippen LogP contribution in [-0.2, 0) is 10.3 Å². The maximum atomic E-state index is 12.3. The number of carbonyl (C=O) groups excluding carboxylic acids is 1. The Bertz CT molecular complexity index is 808. The molecule has 26 heavy (non-hydrogen) atoms. The molecule has 1 saturated heterocycles. The van der Waals surface area contributed by atoms with Crippen LogP contribution in [0.15, 0.2) is 48.5 Å². The highest BCUT2D eigenvalue weighted by molar-refractivity contribution is 5.85. The van der Waals surface area contributed by atoms with Crippen LogP contribution < -0.4 is 16.4 Å². The summed E-state index contributed by atoms with van der Waals surface area (Å²) in [6, 6.07) is 17.5. The van der Waals surface area contributed by atoms with Crippen LogP contribution in [0.1, 0.15) is 24.5 Å². The van der Waals surface area contributed by atoms with Crippen molar-refractivity contribution >= 4 is 18.3 Å². The van der Waals surface area contributed by atoms with Crippen molar-refractivity contribution in [1.82, 2.24) is 10.6 Å². The van der Waals surface area contributed by atoms with Crippen LogP contribution >= 0.6 is 12.4 Å². The molecule has 0 unspecified atom stereocenters. The molecule has 6 heteroatoms. The van der Waals surface area contributed by atoms with Crippen molar-refractivity contribution in [1.29, 1.82) is 5.26 Å². The van der Waals surface area contributed by atoms with Gasteiger partial charge >= 0.3 is 0 Å². The Morgan fingerprint density at radius 3 is 2.58 bits per heavy atom. The molecule has 0 aliphatic carbocycles. The van der Waals surface area contributed by atoms with E-state index in [4.69, 9.17) is 5.73 Å². The predicted molar refractivity (Wildman–Crippen MR) is 105 cm³/mol. The summed E-state index contributed by atoms with van der Waals surface area (Å²) in [5.74, 6) is -0.210. The van der Waals surface area contributed by atoms with Gasteiger partial charge in [-0.2, -0.15) is 5.26 Å². The molecular formula is C20H23ClN4O. The van der Waals surface area contributed by atoms with E-state index in [1.807, 2.05) is 48.5 Å². The third-order valence-corrected chi connectivity index (χ3v) is 4.69. The van der Waals surface area contributed by atoms with Crippen molar-refractivity contribution in [3.8, 4) is 17.2 Å². The van der Waals surface area contributed by atoms with E-state index in [0.29, 0.717) is 12.1 Å². The Morgan fingerprint density at radius 2 is 2.00 bits per heavy atom. The molecule has 3 rings (SSSR count). The Morgan fingerprint density at radius 1 is 1.27 bits per heavy atom. The first-order chi connectivity index (χ1) is 12.1. The number of benzene rings is 2. The Labute approximate surface area is 160 Å². The first-order valence-corrected chi connectivity index (χ1v) is 8.44. The van der Waals surface area contributed by atoms with Crippen molar-refractivity contribution < 1.29 is 4.79 Å². The number of hydrogen-bond acceptors (Lipinski definition) is 4. The zero-order valence-electron chi connectivity index (χ0n) is 14.7. The summed E-state index contributed by atoms with van der Waals surface area (Å²) in [6.07, 6.45) is 0.721. The van der Waals surface area contributed by atoms with Gasteiger partial charge in [-0.15, -0.1) is 12.4 Å². The molecule has 2 atom stereocenters. The van der Waals surface area contributed by atoms with Crippen molar-refractivity contribution in [3.05, 3.63) is 59.7 Å². The zero-order valence-corrected chi connectivity index (χ0v) is 15.5. The summed E-state index contributed by atoms with van der Waals surface area (Å²) in [7, 11) is 0. The van der Waals surface area contributed by atoms with E-state index in [0.717, 1.165) is 29.7 Å². The van der Waals surface area contributed by atoms with E-state index in [-0.39, 0.29) is 18.3 Å². The zero-order chi connectivity index (χ0) is 17.9. The average Bonchev–Trinajstić information content (AvgIpc) is 3.11. The molecule has 0 spiro atoms. The number of carbonyl (C=O) groups is 1. The predicted octanol–water partition coefficient (Wildman–Crippen LogP) is 2.30. The number of rotatable bonds is 4. The van der Waals surface area contributed by atoms with Gasteiger partial charge in [0.1, 0.15) is 0 Å². The summed E-state index contributed by atoms with van der Waals surface area (Å²) >= 11 is 0. The number of nitrogens with zero attached hydrogens (tertiary/aromatic N) is 1. The third-order valence-electron chi connectivity index (χ3n) is 4.69. The number of amides is 1. The van der Waals surface area contributed by atoms with E-state index in [9.17, 15) is 10.1 Å². The number of nitriles is 1. The minimum atomic E-state index is -0.611. The lowest BCUT2D eigenvalue weighted by atomic mass is 9.83. The first-order valence-electron chi connectivity index (χ1n) is 8.44. The topological polar surface area (TPSA) is 90.9 Å². The molecule has 1 heterocycles. The number of nitrogens with one attached hydrogen (secondary N) is 2. The Hall–Kier alpha value is -2.39. The fraction of sp³-hybridized carbons (Fsp3) is 0.300. The van der Waals surface area contributed by atoms with Crippen LogP contribution in [0.5, 0.6) is 0 Å². The molecule has 1 fully saturated rings. The van der Waals surface area contributed by atoms with E-state index in [2.05, 4.69) is 16.7 Å². The van der Waals surface area contributed by atoms with Crippen LogP contribution in [0.25, 0.3) is 11.1 Å². The molecule has 2 aromatic rings. The van der Waals surface area contributed by atoms with Gasteiger partial charge in [0.25, 0.3) is 0 Å². The second-order valence-electron chi connectivity index (χ2n) is 6.53. The van der Waals surface area contributed by atoms with Gasteiger partial charge in [-0.05, 0) is 48.7 Å². The van der Waals surface area contributed by atoms with Gasteiger partial charge in [-0.3, -0.25) is 4.79 Å². The fourth-order valence-electron chi connectivity index (χ4n) is 3.29. The highest BCUT2D eigenvalue weighted by Crippen LogP contribution is 2.33. The number of halogens is 1. The summed E-state index contributed by atoms with van der Waals surface area (Å²) in [6.45, 7) is 3.02. The maximum Gasteiger partial charge on any atom is 0.237 e. The second kappa shape index (κ2) is 8.33. The lowest BCUT2D eigenvalue weighted by molar-refractivity contribution is -0.123. The van der Waals surface area contributed by atoms with Gasteiger partial charge in [0.2, 0.25) is 5.91 Å². The number of nitrogens with two attached hydrogens (primary N) is 1. The number of hydrogen-bond donors (Lipinski definition) is 3. The molecule has 1 amide bonds. The van der Waals surface area contributed by atoms with Crippen molar-refractivity contribution in [2.45, 2.75) is 24.9 Å². The smallest absolute Gasteiger partial charge is 0.237 e. The lowest BCUT2D eigenvalue weighted by Gasteiger charge is -2.32. The Balaban J connectivity index is 0.00000243. The molecule has 0 aromatic heterocycles. The van der Waals surface area contributed by atoms with E-state index in [1.54, 1.807) is 6.92 Å². The maximum absolute atomic E-state index is 12.3. The summed E-state index contributed by atoms with van der Waals surface area (Å²) in [4.78, 5) is 12.3. The summed E-state index contributed by atoms with van der Waals surface area (Å²) < 4.78 is 0. The minimum absolute atomic E-state index is 0. The minimum Gasteiger partial charge on any atom is -0.344 e. The monoisotopic (exact) mass is 370 g/mol. The van der Waals surface area contributed by atoms with E-state index < -0.39 is 11.6 Å². The van der Waals surface area contributed by atoms with Crippen LogP contribution in [0.2, 0.25) is 0 Å². The van der Waals surface area contributed by atoms with Gasteiger partial charge < -0.3 is 16.4 Å². The molecule has 0 radical (unpaired) electrons. The normalized spacial score (nSPS) is 19.9. The van der Waals surface area contributed by atoms with Gasteiger partial charge in [0.15, 0.2) is 0 Å². The highest BCUT2D eigenvalue weighted by Gasteiger charge is 2.39. The molecule has 2 aromatic carbocycles. The summed E-state index contributed by atoms with van der Waals surface area (Å²) in [5.41, 5.74) is 8.66. The average molecular weight is 371 g/mol. The van der Waals surface area contributed by atoms with E-state index in [1.165, 1.54) is 0 Å². The lowest BCUT2D eigenvalue weighted by Crippen LogP contribution is -2.52. The molecule has 136 valence electrons. The van der Waals surface area contributed by atoms with Crippen molar-refractivity contribution in [2.75, 3.05) is 13.1 Å². The Kier molecular flexibility index (Phi) is 6.38. The molecule has 1 aliphatic rings. The molecule has 1 aliphatic heterocycles. The molecule has 0 saturated carbocycles. The SMILES string of the molecule is C[C@H](N)C(=O)N[C@]1(c2cc(-c3ccccc3)ccc2C#N)CCNC1.Cl. The molecule has 5 nitrogen and oxygen atoms in total. The molecular weight excluding hydrogens is 348 g/mol. The standard InChI is InChI=1S/C20H22N4O.ClH/c1-14(22)19(25)24-20(9-10-23-13-20)18-11-16(7-8-17(18)12-21)15-5-3-2-4-6-15;/h2-8,11,14,23H,9-10,13,22H2,1H3,(H,24,25);1H/t14-,20+;/m0./s1. The van der Waals surface area contributed by atoms with Crippen LogP contribution in [0, 0.1) is 11.3 Å². The van der Waals surface area contributed by atoms with Crippen LogP contribution in [-0.4, -0.2) is 25.0 Å². The first kappa shape index (κ1) is 19.9.